The van der Waals surface area contributed by atoms with Crippen LogP contribution in [0, 0.1) is 12.8 Å². The van der Waals surface area contributed by atoms with Gasteiger partial charge in [0.2, 0.25) is 0 Å². The van der Waals surface area contributed by atoms with E-state index in [0.29, 0.717) is 57.9 Å². The Balaban J connectivity index is 1.35. The zero-order valence-corrected chi connectivity index (χ0v) is 20.8. The van der Waals surface area contributed by atoms with E-state index >= 15 is 0 Å². The molecule has 2 aromatic carbocycles. The molecule has 0 amide bonds. The predicted octanol–water partition coefficient (Wildman–Crippen LogP) is 5.16. The van der Waals surface area contributed by atoms with Crippen LogP contribution in [0.25, 0.3) is 0 Å². The summed E-state index contributed by atoms with van der Waals surface area (Å²) in [6.07, 6.45) is 6.64. The Morgan fingerprint density at radius 1 is 1.11 bits per heavy atom. The number of allylic oxidation sites excluding steroid dienone is 3. The van der Waals surface area contributed by atoms with E-state index in [2.05, 4.69) is 17.1 Å². The number of hydrogen-bond acceptors (Lipinski definition) is 6. The van der Waals surface area contributed by atoms with Gasteiger partial charge in [-0.15, -0.1) is 0 Å². The third kappa shape index (κ3) is 3.90. The fraction of sp³-hybridized carbons (Fsp3) is 0.367. The summed E-state index contributed by atoms with van der Waals surface area (Å²) >= 11 is 0. The lowest BCUT2D eigenvalue weighted by atomic mass is 9.72. The number of benzene rings is 2. The van der Waals surface area contributed by atoms with Gasteiger partial charge in [0, 0.05) is 47.6 Å². The maximum absolute atomic E-state index is 13.8. The molecule has 6 rings (SSSR count). The van der Waals surface area contributed by atoms with Gasteiger partial charge in [-0.25, -0.2) is 4.99 Å². The number of aliphatic imine (C=N–C) groups is 1. The largest absolute Gasteiger partial charge is 0.453 e. The molecule has 184 valence electrons. The zero-order chi connectivity index (χ0) is 24.8. The second-order valence-corrected chi connectivity index (χ2v) is 10.2. The average Bonchev–Trinajstić information content (AvgIpc) is 2.89. The maximum Gasteiger partial charge on any atom is 0.192 e. The average molecular weight is 482 g/mol. The van der Waals surface area contributed by atoms with Crippen molar-refractivity contribution in [2.24, 2.45) is 10.9 Å². The molecule has 0 radical (unpaired) electrons. The fourth-order valence-electron chi connectivity index (χ4n) is 5.81. The highest BCUT2D eigenvalue weighted by atomic mass is 16.5. The first-order chi connectivity index (χ1) is 17.5. The molecule has 0 saturated carbocycles. The number of fused-ring (bicyclic) bond motifs is 5. The molecule has 2 atom stereocenters. The number of carbonyl (C=O) groups excluding carboxylic acids is 2. The second kappa shape index (κ2) is 9.17. The van der Waals surface area contributed by atoms with Gasteiger partial charge >= 0.3 is 0 Å². The van der Waals surface area contributed by atoms with Crippen molar-refractivity contribution in [3.8, 4) is 5.75 Å². The van der Waals surface area contributed by atoms with Gasteiger partial charge < -0.3 is 15.0 Å². The molecule has 4 aliphatic rings. The lowest BCUT2D eigenvalue weighted by Crippen LogP contribution is -2.42. The summed E-state index contributed by atoms with van der Waals surface area (Å²) in [7, 11) is 0. The molecular weight excluding hydrogens is 450 g/mol. The molecule has 36 heavy (non-hydrogen) atoms. The first-order valence-electron chi connectivity index (χ1n) is 13.0. The molecular formula is C30H31N3O3. The first-order valence-corrected chi connectivity index (χ1v) is 13.0. The van der Waals surface area contributed by atoms with Crippen LogP contribution >= 0.6 is 0 Å². The van der Waals surface area contributed by atoms with E-state index < -0.39 is 5.92 Å². The lowest BCUT2D eigenvalue weighted by molar-refractivity contribution is 0.0908. The number of nitrogens with zero attached hydrogens (tertiary/aromatic N) is 2. The number of piperidine rings is 1. The predicted molar refractivity (Wildman–Crippen MR) is 140 cm³/mol. The van der Waals surface area contributed by atoms with Gasteiger partial charge in [-0.2, -0.15) is 0 Å². The number of likely N-dealkylation sites (tertiary alicyclic amines) is 1. The minimum absolute atomic E-state index is 0.106. The number of ether oxygens (including phenoxy) is 1. The van der Waals surface area contributed by atoms with Crippen molar-refractivity contribution in [2.75, 3.05) is 19.6 Å². The van der Waals surface area contributed by atoms with Crippen LogP contribution in [-0.2, 0) is 0 Å². The van der Waals surface area contributed by atoms with E-state index in [4.69, 9.17) is 9.73 Å². The highest BCUT2D eigenvalue weighted by Gasteiger charge is 2.46. The Bertz CT molecular complexity index is 1350. The molecule has 0 bridgehead atoms. The van der Waals surface area contributed by atoms with Crippen molar-refractivity contribution in [3.63, 3.8) is 0 Å². The second-order valence-electron chi connectivity index (χ2n) is 10.2. The maximum atomic E-state index is 13.8. The molecule has 1 fully saturated rings. The van der Waals surface area contributed by atoms with Crippen LogP contribution < -0.4 is 10.1 Å². The lowest BCUT2D eigenvalue weighted by Gasteiger charge is -2.35. The van der Waals surface area contributed by atoms with Gasteiger partial charge in [0.1, 0.15) is 5.69 Å². The Labute approximate surface area is 211 Å². The summed E-state index contributed by atoms with van der Waals surface area (Å²) in [6, 6.07) is 13.5. The summed E-state index contributed by atoms with van der Waals surface area (Å²) in [4.78, 5) is 34.8. The molecule has 0 aromatic heterocycles. The molecule has 2 aliphatic heterocycles. The standard InChI is InChI=1S/C30H31N3O3/c1-18-11-12-22-24(16-18)36-25-17-23(31-13-7-15-33-14-6-5-8-19(33)2)26-27(28(25)32-22)30(35)21-10-4-3-9-20(21)29(26)34/h3-4,9-12,16-17,19,27,31H,5-8,13-15H2,1-2H3/t19-,27?/m1/s1. The normalized spacial score (nSPS) is 23.1. The molecule has 1 saturated heterocycles. The van der Waals surface area contributed by atoms with Crippen LogP contribution in [0.2, 0.25) is 0 Å². The highest BCUT2D eigenvalue weighted by molar-refractivity contribution is 6.33. The van der Waals surface area contributed by atoms with Gasteiger partial charge in [0.05, 0.1) is 11.6 Å². The SMILES string of the molecule is Cc1ccc2c(c1)OC1=CC(NCCCN3CCCC[C@H]3C)=C3C(=O)c4ccccc4C(=O)C3C1=N2. The third-order valence-corrected chi connectivity index (χ3v) is 7.78. The van der Waals surface area contributed by atoms with Crippen LogP contribution in [0.15, 0.2) is 70.6 Å². The van der Waals surface area contributed by atoms with E-state index in [1.54, 1.807) is 18.2 Å². The minimum atomic E-state index is -0.772. The molecule has 2 aromatic rings. The number of ketones is 2. The fourth-order valence-corrected chi connectivity index (χ4v) is 5.81. The van der Waals surface area contributed by atoms with E-state index in [9.17, 15) is 9.59 Å². The molecule has 2 heterocycles. The smallest absolute Gasteiger partial charge is 0.192 e. The summed E-state index contributed by atoms with van der Waals surface area (Å²) in [6.45, 7) is 7.19. The van der Waals surface area contributed by atoms with Gasteiger partial charge in [-0.1, -0.05) is 36.8 Å². The Morgan fingerprint density at radius 3 is 2.78 bits per heavy atom. The Kier molecular flexibility index (Phi) is 5.84. The third-order valence-electron chi connectivity index (χ3n) is 7.78. The Hall–Kier alpha value is -3.51. The summed E-state index contributed by atoms with van der Waals surface area (Å²) in [5, 5.41) is 3.49. The molecule has 1 unspecified atom stereocenters. The van der Waals surface area contributed by atoms with Crippen molar-refractivity contribution in [3.05, 3.63) is 82.3 Å². The van der Waals surface area contributed by atoms with Gasteiger partial charge in [-0.3, -0.25) is 9.59 Å². The van der Waals surface area contributed by atoms with Crippen molar-refractivity contribution < 1.29 is 14.3 Å². The van der Waals surface area contributed by atoms with Crippen molar-refractivity contribution in [2.45, 2.75) is 45.6 Å². The number of hydrogen-bond donors (Lipinski definition) is 1. The van der Waals surface area contributed by atoms with Gasteiger partial charge in [0.25, 0.3) is 0 Å². The summed E-state index contributed by atoms with van der Waals surface area (Å²) in [5.74, 6) is 0.211. The van der Waals surface area contributed by atoms with Gasteiger partial charge in [-0.05, 0) is 57.4 Å². The Morgan fingerprint density at radius 2 is 1.94 bits per heavy atom. The van der Waals surface area contributed by atoms with Crippen LogP contribution in [0.1, 0.15) is 58.9 Å². The van der Waals surface area contributed by atoms with E-state index in [-0.39, 0.29) is 11.6 Å². The summed E-state index contributed by atoms with van der Waals surface area (Å²) < 4.78 is 6.27. The molecule has 6 nitrogen and oxygen atoms in total. The number of carbonyl (C=O) groups is 2. The number of nitrogens with one attached hydrogen (secondary N) is 1. The molecule has 0 spiro atoms. The number of aryl methyl sites for hydroxylation is 1. The monoisotopic (exact) mass is 481 g/mol. The van der Waals surface area contributed by atoms with Crippen LogP contribution in [-0.4, -0.2) is 47.9 Å². The van der Waals surface area contributed by atoms with Crippen LogP contribution in [0.3, 0.4) is 0 Å². The number of rotatable bonds is 5. The van der Waals surface area contributed by atoms with Crippen molar-refractivity contribution in [1.29, 1.82) is 0 Å². The van der Waals surface area contributed by atoms with E-state index in [1.165, 1.54) is 19.3 Å². The first kappa shape index (κ1) is 22.9. The molecule has 6 heteroatoms. The minimum Gasteiger partial charge on any atom is -0.453 e. The van der Waals surface area contributed by atoms with Crippen molar-refractivity contribution in [1.82, 2.24) is 10.2 Å². The summed E-state index contributed by atoms with van der Waals surface area (Å²) in [5.41, 5.74) is 4.33. The van der Waals surface area contributed by atoms with Crippen molar-refractivity contribution >= 4 is 23.0 Å². The molecule has 1 N–H and O–H groups in total. The zero-order valence-electron chi connectivity index (χ0n) is 20.8. The highest BCUT2D eigenvalue weighted by Crippen LogP contribution is 2.43. The van der Waals surface area contributed by atoms with Crippen LogP contribution in [0.5, 0.6) is 5.75 Å². The van der Waals surface area contributed by atoms with E-state index in [0.717, 1.165) is 25.1 Å². The van der Waals surface area contributed by atoms with Crippen LogP contribution in [0.4, 0.5) is 5.69 Å². The molecule has 2 aliphatic carbocycles. The van der Waals surface area contributed by atoms with Gasteiger partial charge in [0.15, 0.2) is 23.1 Å². The number of Topliss-reactive ketones (excluding diaryl/α,β-unsaturated/α-hetero) is 2. The van der Waals surface area contributed by atoms with E-state index in [1.807, 2.05) is 37.3 Å². The quantitative estimate of drug-likeness (QED) is 0.598. The topological polar surface area (TPSA) is 71.0 Å².